The van der Waals surface area contributed by atoms with Crippen molar-refractivity contribution < 1.29 is 29.0 Å². The number of aliphatic carboxylic acids is 1. The van der Waals surface area contributed by atoms with E-state index in [0.29, 0.717) is 5.56 Å². The highest BCUT2D eigenvalue weighted by Crippen LogP contribution is 2.17. The number of hydrogen-bond acceptors (Lipinski definition) is 5. The van der Waals surface area contributed by atoms with Crippen LogP contribution in [0.4, 0.5) is 9.59 Å². The summed E-state index contributed by atoms with van der Waals surface area (Å²) in [5, 5.41) is 14.6. The Labute approximate surface area is 165 Å². The van der Waals surface area contributed by atoms with E-state index in [0.717, 1.165) is 5.56 Å². The van der Waals surface area contributed by atoms with Gasteiger partial charge in [-0.1, -0.05) is 24.3 Å². The smallest absolute Gasteiger partial charge is 0.407 e. The first-order chi connectivity index (χ1) is 12.8. The molecule has 0 saturated heterocycles. The highest BCUT2D eigenvalue weighted by Gasteiger charge is 2.23. The van der Waals surface area contributed by atoms with Gasteiger partial charge in [0.2, 0.25) is 0 Å². The van der Waals surface area contributed by atoms with Crippen molar-refractivity contribution in [1.29, 1.82) is 0 Å². The first-order valence-electron chi connectivity index (χ1n) is 9.02. The van der Waals surface area contributed by atoms with Crippen LogP contribution in [0.3, 0.4) is 0 Å². The van der Waals surface area contributed by atoms with Crippen molar-refractivity contribution in [1.82, 2.24) is 10.6 Å². The van der Waals surface area contributed by atoms with E-state index in [1.54, 1.807) is 65.8 Å². The number of ether oxygens (including phenoxy) is 2. The fraction of sp³-hybridized carbons (Fsp3) is 0.550. The predicted octanol–water partition coefficient (Wildman–Crippen LogP) is 3.40. The SMILES string of the molecule is CC(C)(C)OC(=O)NCc1ccc(C(CNC(=O)OC(C)(C)C)C(=O)O)cc1. The lowest BCUT2D eigenvalue weighted by atomic mass is 9.98. The zero-order chi connectivity index (χ0) is 21.5. The lowest BCUT2D eigenvalue weighted by Gasteiger charge is -2.21. The number of carbonyl (C=O) groups excluding carboxylic acids is 2. The van der Waals surface area contributed by atoms with Crippen LogP contribution in [-0.2, 0) is 20.8 Å². The summed E-state index contributed by atoms with van der Waals surface area (Å²) in [6.07, 6.45) is -1.20. The Hall–Kier alpha value is -2.77. The summed E-state index contributed by atoms with van der Waals surface area (Å²) in [5.74, 6) is -1.98. The third kappa shape index (κ3) is 9.25. The number of hydrogen-bond donors (Lipinski definition) is 3. The maximum Gasteiger partial charge on any atom is 0.407 e. The van der Waals surface area contributed by atoms with Gasteiger partial charge in [0, 0.05) is 13.1 Å². The van der Waals surface area contributed by atoms with Crippen molar-refractivity contribution in [2.75, 3.05) is 6.54 Å². The molecule has 0 saturated carbocycles. The zero-order valence-electron chi connectivity index (χ0n) is 17.3. The second-order valence-electron chi connectivity index (χ2n) is 8.37. The van der Waals surface area contributed by atoms with Crippen LogP contribution in [0.5, 0.6) is 0 Å². The van der Waals surface area contributed by atoms with Crippen LogP contribution < -0.4 is 10.6 Å². The van der Waals surface area contributed by atoms with Gasteiger partial charge in [0.15, 0.2) is 0 Å². The standard InChI is InChI=1S/C20H30N2O6/c1-19(2,3)27-17(25)21-11-13-7-9-14(10-8-13)15(16(23)24)12-22-18(26)28-20(4,5)6/h7-10,15H,11-12H2,1-6H3,(H,21,25)(H,22,26)(H,23,24). The Morgan fingerprint density at radius 2 is 1.36 bits per heavy atom. The molecule has 28 heavy (non-hydrogen) atoms. The van der Waals surface area contributed by atoms with Gasteiger partial charge >= 0.3 is 18.2 Å². The average Bonchev–Trinajstić information content (AvgIpc) is 2.50. The van der Waals surface area contributed by atoms with Gasteiger partial charge in [-0.05, 0) is 52.7 Å². The molecule has 156 valence electrons. The topological polar surface area (TPSA) is 114 Å². The van der Waals surface area contributed by atoms with Crippen LogP contribution >= 0.6 is 0 Å². The van der Waals surface area contributed by atoms with Gasteiger partial charge in [-0.2, -0.15) is 0 Å². The van der Waals surface area contributed by atoms with E-state index in [4.69, 9.17) is 9.47 Å². The van der Waals surface area contributed by atoms with Gasteiger partial charge in [-0.15, -0.1) is 0 Å². The molecule has 0 aliphatic heterocycles. The van der Waals surface area contributed by atoms with Gasteiger partial charge in [0.25, 0.3) is 0 Å². The summed E-state index contributed by atoms with van der Waals surface area (Å²) >= 11 is 0. The van der Waals surface area contributed by atoms with Crippen LogP contribution in [-0.4, -0.2) is 41.0 Å². The second kappa shape index (κ2) is 9.43. The van der Waals surface area contributed by atoms with Crippen LogP contribution in [0.2, 0.25) is 0 Å². The Bertz CT molecular complexity index is 686. The summed E-state index contributed by atoms with van der Waals surface area (Å²) in [4.78, 5) is 35.0. The molecule has 0 aliphatic carbocycles. The molecule has 1 aromatic carbocycles. The van der Waals surface area contributed by atoms with Gasteiger partial charge in [0.05, 0.1) is 5.92 Å². The molecular weight excluding hydrogens is 364 g/mol. The van der Waals surface area contributed by atoms with Gasteiger partial charge < -0.3 is 25.2 Å². The summed E-state index contributed by atoms with van der Waals surface area (Å²) in [7, 11) is 0. The van der Waals surface area contributed by atoms with Crippen molar-refractivity contribution in [2.24, 2.45) is 0 Å². The maximum atomic E-state index is 11.7. The molecule has 8 nitrogen and oxygen atoms in total. The zero-order valence-corrected chi connectivity index (χ0v) is 17.3. The first-order valence-corrected chi connectivity index (χ1v) is 9.02. The normalized spacial score (nSPS) is 12.6. The molecule has 0 radical (unpaired) electrons. The number of carbonyl (C=O) groups is 3. The van der Waals surface area contributed by atoms with E-state index in [2.05, 4.69) is 10.6 Å². The monoisotopic (exact) mass is 394 g/mol. The summed E-state index contributed by atoms with van der Waals surface area (Å²) in [5.41, 5.74) is 0.0819. The van der Waals surface area contributed by atoms with Gasteiger partial charge in [0.1, 0.15) is 11.2 Å². The van der Waals surface area contributed by atoms with Crippen LogP contribution in [0, 0.1) is 0 Å². The molecule has 0 spiro atoms. The lowest BCUT2D eigenvalue weighted by molar-refractivity contribution is -0.138. The van der Waals surface area contributed by atoms with Crippen molar-refractivity contribution in [2.45, 2.75) is 65.2 Å². The van der Waals surface area contributed by atoms with Crippen molar-refractivity contribution in [3.05, 3.63) is 35.4 Å². The molecule has 0 bridgehead atoms. The summed E-state index contributed by atoms with van der Waals surface area (Å²) in [6.45, 7) is 10.7. The third-order valence-corrected chi connectivity index (χ3v) is 3.37. The Morgan fingerprint density at radius 3 is 1.79 bits per heavy atom. The average molecular weight is 394 g/mol. The number of benzene rings is 1. The highest BCUT2D eigenvalue weighted by molar-refractivity contribution is 5.77. The minimum absolute atomic E-state index is 0.0975. The number of carboxylic acids is 1. The van der Waals surface area contributed by atoms with E-state index in [1.807, 2.05) is 0 Å². The molecule has 0 heterocycles. The van der Waals surface area contributed by atoms with Crippen molar-refractivity contribution in [3.8, 4) is 0 Å². The molecule has 1 atom stereocenters. The number of carboxylic acid groups (broad SMARTS) is 1. The minimum atomic E-state index is -1.06. The minimum Gasteiger partial charge on any atom is -0.481 e. The summed E-state index contributed by atoms with van der Waals surface area (Å²) < 4.78 is 10.3. The van der Waals surface area contributed by atoms with E-state index in [-0.39, 0.29) is 13.1 Å². The molecule has 3 N–H and O–H groups in total. The largest absolute Gasteiger partial charge is 0.481 e. The Morgan fingerprint density at radius 1 is 0.893 bits per heavy atom. The van der Waals surface area contributed by atoms with Crippen LogP contribution in [0.1, 0.15) is 58.6 Å². The van der Waals surface area contributed by atoms with Crippen molar-refractivity contribution >= 4 is 18.2 Å². The number of alkyl carbamates (subject to hydrolysis) is 2. The van der Waals surface area contributed by atoms with Crippen LogP contribution in [0.15, 0.2) is 24.3 Å². The molecule has 8 heteroatoms. The molecule has 1 rings (SSSR count). The molecule has 2 amide bonds. The Kier molecular flexibility index (Phi) is 7.84. The molecule has 1 unspecified atom stereocenters. The van der Waals surface area contributed by atoms with E-state index in [9.17, 15) is 19.5 Å². The van der Waals surface area contributed by atoms with Gasteiger partial charge in [-0.25, -0.2) is 9.59 Å². The fourth-order valence-corrected chi connectivity index (χ4v) is 2.20. The molecular formula is C20H30N2O6. The van der Waals surface area contributed by atoms with E-state index >= 15 is 0 Å². The quantitative estimate of drug-likeness (QED) is 0.681. The van der Waals surface area contributed by atoms with E-state index in [1.165, 1.54) is 0 Å². The fourth-order valence-electron chi connectivity index (χ4n) is 2.20. The Balaban J connectivity index is 2.66. The molecule has 0 aliphatic rings. The highest BCUT2D eigenvalue weighted by atomic mass is 16.6. The van der Waals surface area contributed by atoms with Gasteiger partial charge in [-0.3, -0.25) is 4.79 Å². The third-order valence-electron chi connectivity index (χ3n) is 3.37. The first kappa shape index (κ1) is 23.3. The molecule has 0 fully saturated rings. The number of rotatable bonds is 6. The van der Waals surface area contributed by atoms with Crippen LogP contribution in [0.25, 0.3) is 0 Å². The lowest BCUT2D eigenvalue weighted by Crippen LogP contribution is -2.36. The molecule has 0 aromatic heterocycles. The van der Waals surface area contributed by atoms with Crippen molar-refractivity contribution in [3.63, 3.8) is 0 Å². The molecule has 1 aromatic rings. The predicted molar refractivity (Wildman–Crippen MR) is 104 cm³/mol. The second-order valence-corrected chi connectivity index (χ2v) is 8.37. The number of amides is 2. The number of nitrogens with one attached hydrogen (secondary N) is 2. The maximum absolute atomic E-state index is 11.7. The van der Waals surface area contributed by atoms with E-state index < -0.39 is 35.3 Å². The summed E-state index contributed by atoms with van der Waals surface area (Å²) in [6, 6.07) is 6.75.